The van der Waals surface area contributed by atoms with Gasteiger partial charge in [0.15, 0.2) is 5.78 Å². The summed E-state index contributed by atoms with van der Waals surface area (Å²) in [5.41, 5.74) is 4.85. The highest BCUT2D eigenvalue weighted by Gasteiger charge is 2.28. The summed E-state index contributed by atoms with van der Waals surface area (Å²) in [4.78, 5) is 28.7. The molecule has 0 N–H and O–H groups in total. The lowest BCUT2D eigenvalue weighted by Crippen LogP contribution is -2.26. The number of likely N-dealkylation sites (N-methyl/N-ethyl adjacent to an activating group) is 1. The minimum absolute atomic E-state index is 0.0618. The third kappa shape index (κ3) is 2.81. The number of Topliss-reactive ketones (excluding diaryl/α,β-unsaturated/α-hetero) is 1. The molecule has 0 radical (unpaired) electrons. The van der Waals surface area contributed by atoms with Crippen LogP contribution in [-0.2, 0) is 13.1 Å². The molecule has 1 amide bonds. The molecule has 0 fully saturated rings. The van der Waals surface area contributed by atoms with Crippen molar-refractivity contribution in [2.45, 2.75) is 33.9 Å². The third-order valence-corrected chi connectivity index (χ3v) is 6.05. The molecule has 0 aliphatic carbocycles. The van der Waals surface area contributed by atoms with Gasteiger partial charge in [0.05, 0.1) is 0 Å². The molecule has 1 aliphatic heterocycles. The molecule has 0 saturated heterocycles. The van der Waals surface area contributed by atoms with Crippen LogP contribution in [0, 0.1) is 0 Å². The Morgan fingerprint density at radius 1 is 1.11 bits per heavy atom. The summed E-state index contributed by atoms with van der Waals surface area (Å²) in [6, 6.07) is 10.00. The fraction of sp³-hybridized carbons (Fsp3) is 0.391. The largest absolute Gasteiger partial charge is 0.339 e. The smallest absolute Gasteiger partial charge is 0.254 e. The molecule has 28 heavy (non-hydrogen) atoms. The van der Waals surface area contributed by atoms with Gasteiger partial charge in [-0.15, -0.1) is 0 Å². The van der Waals surface area contributed by atoms with Gasteiger partial charge >= 0.3 is 0 Å². The van der Waals surface area contributed by atoms with Gasteiger partial charge in [0.2, 0.25) is 0 Å². The van der Waals surface area contributed by atoms with E-state index in [1.807, 2.05) is 25.2 Å². The SMILES string of the molecule is CCN(CC)CCn1c2ccc(C(C)=O)cc2c2c3c(ccc21)C(=O)N(C)C3. The van der Waals surface area contributed by atoms with E-state index in [9.17, 15) is 9.59 Å². The maximum atomic E-state index is 12.5. The Hall–Kier alpha value is -2.66. The standard InChI is InChI=1S/C23H27N3O2/c1-5-25(6-2)11-12-26-20-9-7-16(15(3)27)13-18(20)22-19-14-24(4)23(28)17(19)8-10-21(22)26/h7-10,13H,5-6,11-12,14H2,1-4H3. The predicted molar refractivity (Wildman–Crippen MR) is 113 cm³/mol. The van der Waals surface area contributed by atoms with Crippen LogP contribution in [0.25, 0.3) is 21.8 Å². The van der Waals surface area contributed by atoms with E-state index in [2.05, 4.69) is 35.4 Å². The predicted octanol–water partition coefficient (Wildman–Crippen LogP) is 3.92. The molecule has 146 valence electrons. The number of ketones is 1. The zero-order valence-corrected chi connectivity index (χ0v) is 17.1. The van der Waals surface area contributed by atoms with Gasteiger partial charge in [0, 0.05) is 59.6 Å². The van der Waals surface area contributed by atoms with Gasteiger partial charge in [-0.3, -0.25) is 9.59 Å². The summed E-state index contributed by atoms with van der Waals surface area (Å²) >= 11 is 0. The van der Waals surface area contributed by atoms with Crippen molar-refractivity contribution in [1.29, 1.82) is 0 Å². The van der Waals surface area contributed by atoms with Crippen LogP contribution in [0.15, 0.2) is 30.3 Å². The summed E-state index contributed by atoms with van der Waals surface area (Å²) in [5.74, 6) is 0.135. The lowest BCUT2D eigenvalue weighted by Gasteiger charge is -2.19. The van der Waals surface area contributed by atoms with Crippen molar-refractivity contribution in [2.24, 2.45) is 0 Å². The van der Waals surface area contributed by atoms with E-state index in [-0.39, 0.29) is 11.7 Å². The molecular weight excluding hydrogens is 350 g/mol. The van der Waals surface area contributed by atoms with Crippen LogP contribution in [0.5, 0.6) is 0 Å². The van der Waals surface area contributed by atoms with Gasteiger partial charge in [0.25, 0.3) is 5.91 Å². The highest BCUT2D eigenvalue weighted by molar-refractivity contribution is 6.15. The van der Waals surface area contributed by atoms with Gasteiger partial charge in [-0.2, -0.15) is 0 Å². The zero-order valence-electron chi connectivity index (χ0n) is 17.1. The molecule has 0 spiro atoms. The minimum atomic E-state index is 0.0618. The van der Waals surface area contributed by atoms with Crippen LogP contribution in [0.4, 0.5) is 0 Å². The van der Waals surface area contributed by atoms with Crippen molar-refractivity contribution in [2.75, 3.05) is 26.7 Å². The van der Waals surface area contributed by atoms with Crippen molar-refractivity contribution >= 4 is 33.5 Å². The number of rotatable bonds is 6. The average molecular weight is 377 g/mol. The number of aromatic nitrogens is 1. The highest BCUT2D eigenvalue weighted by atomic mass is 16.2. The highest BCUT2D eigenvalue weighted by Crippen LogP contribution is 2.37. The van der Waals surface area contributed by atoms with Crippen molar-refractivity contribution in [3.05, 3.63) is 47.0 Å². The van der Waals surface area contributed by atoms with E-state index in [0.717, 1.165) is 59.1 Å². The number of fused-ring (bicyclic) bond motifs is 5. The van der Waals surface area contributed by atoms with Gasteiger partial charge in [-0.1, -0.05) is 13.8 Å². The second-order valence-electron chi connectivity index (χ2n) is 7.61. The maximum Gasteiger partial charge on any atom is 0.254 e. The van der Waals surface area contributed by atoms with Gasteiger partial charge in [-0.25, -0.2) is 0 Å². The number of carbonyl (C=O) groups excluding carboxylic acids is 2. The molecule has 5 nitrogen and oxygen atoms in total. The van der Waals surface area contributed by atoms with Crippen molar-refractivity contribution < 1.29 is 9.59 Å². The fourth-order valence-corrected chi connectivity index (χ4v) is 4.38. The van der Waals surface area contributed by atoms with Gasteiger partial charge in [-0.05, 0) is 55.9 Å². The Balaban J connectivity index is 1.97. The van der Waals surface area contributed by atoms with Crippen LogP contribution in [0.3, 0.4) is 0 Å². The van der Waals surface area contributed by atoms with Gasteiger partial charge in [0.1, 0.15) is 0 Å². The van der Waals surface area contributed by atoms with Crippen LogP contribution < -0.4 is 0 Å². The Labute approximate surface area is 165 Å². The van der Waals surface area contributed by atoms with Crippen LogP contribution in [0.1, 0.15) is 47.1 Å². The fourth-order valence-electron chi connectivity index (χ4n) is 4.38. The summed E-state index contributed by atoms with van der Waals surface area (Å²) in [5, 5.41) is 2.19. The quantitative estimate of drug-likeness (QED) is 0.612. The molecule has 1 aromatic heterocycles. The molecular formula is C23H27N3O2. The summed E-state index contributed by atoms with van der Waals surface area (Å²) < 4.78 is 2.34. The number of amides is 1. The first-order chi connectivity index (χ1) is 13.5. The van der Waals surface area contributed by atoms with Gasteiger partial charge < -0.3 is 14.4 Å². The number of hydrogen-bond donors (Lipinski definition) is 0. The van der Waals surface area contributed by atoms with Crippen molar-refractivity contribution in [1.82, 2.24) is 14.4 Å². The van der Waals surface area contributed by atoms with E-state index in [1.54, 1.807) is 11.8 Å². The first-order valence-corrected chi connectivity index (χ1v) is 10.0. The Morgan fingerprint density at radius 2 is 1.82 bits per heavy atom. The average Bonchev–Trinajstić information content (AvgIpc) is 3.16. The zero-order chi connectivity index (χ0) is 20.0. The third-order valence-electron chi connectivity index (χ3n) is 6.05. The van der Waals surface area contributed by atoms with Crippen LogP contribution in [-0.4, -0.2) is 52.7 Å². The monoisotopic (exact) mass is 377 g/mol. The van der Waals surface area contributed by atoms with Crippen LogP contribution >= 0.6 is 0 Å². The van der Waals surface area contributed by atoms with E-state index in [4.69, 9.17) is 0 Å². The molecule has 3 aromatic rings. The lowest BCUT2D eigenvalue weighted by molar-refractivity contribution is 0.0816. The summed E-state index contributed by atoms with van der Waals surface area (Å²) in [6.07, 6.45) is 0. The molecule has 0 saturated carbocycles. The number of nitrogens with zero attached hydrogens (tertiary/aromatic N) is 3. The molecule has 4 rings (SSSR count). The van der Waals surface area contributed by atoms with Crippen molar-refractivity contribution in [3.63, 3.8) is 0 Å². The van der Waals surface area contributed by atoms with E-state index in [0.29, 0.717) is 12.1 Å². The molecule has 2 heterocycles. The summed E-state index contributed by atoms with van der Waals surface area (Å²) in [7, 11) is 1.84. The lowest BCUT2D eigenvalue weighted by atomic mass is 10.0. The van der Waals surface area contributed by atoms with E-state index >= 15 is 0 Å². The van der Waals surface area contributed by atoms with Crippen molar-refractivity contribution in [3.8, 4) is 0 Å². The molecule has 5 heteroatoms. The first kappa shape index (κ1) is 18.7. The number of benzene rings is 2. The minimum Gasteiger partial charge on any atom is -0.339 e. The first-order valence-electron chi connectivity index (χ1n) is 10.0. The maximum absolute atomic E-state index is 12.5. The Morgan fingerprint density at radius 3 is 2.50 bits per heavy atom. The Bertz CT molecular complexity index is 1090. The summed E-state index contributed by atoms with van der Waals surface area (Å²) in [6.45, 7) is 10.5. The van der Waals surface area contributed by atoms with E-state index < -0.39 is 0 Å². The number of hydrogen-bond acceptors (Lipinski definition) is 3. The Kier molecular flexibility index (Phi) is 4.71. The molecule has 0 unspecified atom stereocenters. The number of carbonyl (C=O) groups is 2. The molecule has 0 atom stereocenters. The normalized spacial score (nSPS) is 13.9. The second-order valence-corrected chi connectivity index (χ2v) is 7.61. The molecule has 0 bridgehead atoms. The van der Waals surface area contributed by atoms with Crippen LogP contribution in [0.2, 0.25) is 0 Å². The molecule has 1 aliphatic rings. The molecule has 2 aromatic carbocycles. The van der Waals surface area contributed by atoms with E-state index in [1.165, 1.54) is 0 Å². The second kappa shape index (κ2) is 7.06. The topological polar surface area (TPSA) is 45.6 Å².